The van der Waals surface area contributed by atoms with Gasteiger partial charge in [0.2, 0.25) is 17.7 Å². The summed E-state index contributed by atoms with van der Waals surface area (Å²) in [5, 5.41) is 16.8. The molecule has 0 aliphatic heterocycles. The molecule has 0 rings (SSSR count). The Morgan fingerprint density at radius 2 is 1.52 bits per heavy atom. The Labute approximate surface area is 198 Å². The molecule has 0 radical (unpaired) electrons. The molecule has 2 unspecified atom stereocenters. The Bertz CT molecular complexity index is 740. The van der Waals surface area contributed by atoms with Crippen molar-refractivity contribution in [2.45, 2.75) is 91.6 Å². The van der Waals surface area contributed by atoms with Crippen molar-refractivity contribution in [1.29, 1.82) is 0 Å². The van der Waals surface area contributed by atoms with Crippen molar-refractivity contribution in [2.75, 3.05) is 6.54 Å². The molecule has 0 spiro atoms. The maximum Gasteiger partial charge on any atom is 0.303 e. The molecular weight excluding hydrogens is 422 g/mol. The number of carboxylic acids is 1. The van der Waals surface area contributed by atoms with Crippen molar-refractivity contribution >= 4 is 23.7 Å². The van der Waals surface area contributed by atoms with E-state index in [1.807, 2.05) is 45.9 Å². The quantitative estimate of drug-likeness (QED) is 0.261. The smallest absolute Gasteiger partial charge is 0.303 e. The summed E-state index contributed by atoms with van der Waals surface area (Å²) >= 11 is 0. The number of allylic oxidation sites excluding steroid dienone is 6. The first-order valence-electron chi connectivity index (χ1n) is 11.7. The van der Waals surface area contributed by atoms with E-state index in [2.05, 4.69) is 29.0 Å². The minimum Gasteiger partial charge on any atom is -0.481 e. The molecule has 3 amide bonds. The van der Waals surface area contributed by atoms with Gasteiger partial charge in [-0.05, 0) is 57.1 Å². The van der Waals surface area contributed by atoms with E-state index >= 15 is 0 Å². The Kier molecular flexibility index (Phi) is 16.1. The van der Waals surface area contributed by atoms with Crippen LogP contribution in [0.5, 0.6) is 0 Å². The lowest BCUT2D eigenvalue weighted by atomic mass is 10.0. The van der Waals surface area contributed by atoms with Crippen molar-refractivity contribution in [2.24, 2.45) is 0 Å². The summed E-state index contributed by atoms with van der Waals surface area (Å²) in [6.45, 7) is 9.63. The normalized spacial score (nSPS) is 14.0. The number of amides is 3. The second-order valence-corrected chi connectivity index (χ2v) is 7.98. The highest BCUT2D eigenvalue weighted by Crippen LogP contribution is 2.15. The van der Waals surface area contributed by atoms with Crippen LogP contribution in [-0.4, -0.2) is 47.4 Å². The van der Waals surface area contributed by atoms with Crippen LogP contribution in [0.3, 0.4) is 0 Å². The minimum absolute atomic E-state index is 0.0171. The van der Waals surface area contributed by atoms with Crippen LogP contribution in [0.4, 0.5) is 0 Å². The van der Waals surface area contributed by atoms with E-state index in [0.717, 1.165) is 30.4 Å². The van der Waals surface area contributed by atoms with E-state index in [-0.39, 0.29) is 43.7 Å². The second-order valence-electron chi connectivity index (χ2n) is 7.98. The van der Waals surface area contributed by atoms with Gasteiger partial charge in [-0.1, -0.05) is 45.1 Å². The van der Waals surface area contributed by atoms with Gasteiger partial charge in [-0.2, -0.15) is 0 Å². The highest BCUT2D eigenvalue weighted by molar-refractivity contribution is 5.90. The Balaban J connectivity index is 5.09. The Hall–Kier alpha value is -2.90. The fourth-order valence-electron chi connectivity index (χ4n) is 2.84. The van der Waals surface area contributed by atoms with Gasteiger partial charge in [0, 0.05) is 18.9 Å². The van der Waals surface area contributed by atoms with Gasteiger partial charge in [-0.15, -0.1) is 0 Å². The first kappa shape index (κ1) is 30.1. The van der Waals surface area contributed by atoms with Gasteiger partial charge in [-0.3, -0.25) is 19.2 Å². The van der Waals surface area contributed by atoms with E-state index in [4.69, 9.17) is 5.11 Å². The zero-order valence-electron chi connectivity index (χ0n) is 20.7. The summed E-state index contributed by atoms with van der Waals surface area (Å²) in [6, 6.07) is -1.04. The number of hydrogen-bond acceptors (Lipinski definition) is 4. The molecule has 8 heteroatoms. The first-order valence-corrected chi connectivity index (χ1v) is 11.7. The molecule has 0 bridgehead atoms. The van der Waals surface area contributed by atoms with E-state index < -0.39 is 17.9 Å². The largest absolute Gasteiger partial charge is 0.481 e. The lowest BCUT2D eigenvalue weighted by molar-refractivity contribution is -0.138. The summed E-state index contributed by atoms with van der Waals surface area (Å²) < 4.78 is 0. The van der Waals surface area contributed by atoms with Crippen molar-refractivity contribution in [3.63, 3.8) is 0 Å². The summed E-state index contributed by atoms with van der Waals surface area (Å²) in [5.74, 6) is -2.33. The molecule has 0 aromatic heterocycles. The summed E-state index contributed by atoms with van der Waals surface area (Å²) in [6.07, 6.45) is 11.0. The van der Waals surface area contributed by atoms with E-state index in [9.17, 15) is 19.2 Å². The van der Waals surface area contributed by atoms with Gasteiger partial charge in [0.15, 0.2) is 0 Å². The van der Waals surface area contributed by atoms with E-state index in [1.165, 1.54) is 0 Å². The maximum atomic E-state index is 12.6. The van der Waals surface area contributed by atoms with Crippen LogP contribution in [-0.2, 0) is 19.2 Å². The molecule has 0 aliphatic carbocycles. The van der Waals surface area contributed by atoms with Crippen LogP contribution in [0, 0.1) is 0 Å². The van der Waals surface area contributed by atoms with Crippen molar-refractivity contribution in [3.05, 3.63) is 35.5 Å². The Morgan fingerprint density at radius 1 is 0.879 bits per heavy atom. The number of aliphatic carboxylic acids is 1. The molecular formula is C25H41N3O5. The number of carbonyl (C=O) groups excluding carboxylic acids is 3. The Morgan fingerprint density at radius 3 is 2.09 bits per heavy atom. The fraction of sp³-hybridized carbons (Fsp3) is 0.600. The minimum atomic E-state index is -1.06. The van der Waals surface area contributed by atoms with Crippen LogP contribution in [0.1, 0.15) is 79.6 Å². The monoisotopic (exact) mass is 463 g/mol. The SMILES string of the molecule is CC\C=C/C(CCC(=O)NC(CCC(=O)O)C(=O)NCC(=O)NC(C)CC)=C(C)\C=C\CC. The third-order valence-corrected chi connectivity index (χ3v) is 5.03. The van der Waals surface area contributed by atoms with Crippen LogP contribution in [0.15, 0.2) is 35.5 Å². The van der Waals surface area contributed by atoms with Crippen molar-refractivity contribution in [3.8, 4) is 0 Å². The number of hydrogen-bond donors (Lipinski definition) is 4. The first-order chi connectivity index (χ1) is 15.6. The van der Waals surface area contributed by atoms with Gasteiger partial charge < -0.3 is 21.1 Å². The molecule has 186 valence electrons. The zero-order chi connectivity index (χ0) is 25.2. The number of nitrogens with one attached hydrogen (secondary N) is 3. The molecule has 0 saturated carbocycles. The zero-order valence-corrected chi connectivity index (χ0v) is 20.7. The molecule has 0 fully saturated rings. The fourth-order valence-corrected chi connectivity index (χ4v) is 2.84. The van der Waals surface area contributed by atoms with Crippen molar-refractivity contribution < 1.29 is 24.3 Å². The van der Waals surface area contributed by atoms with Gasteiger partial charge in [-0.25, -0.2) is 0 Å². The highest BCUT2D eigenvalue weighted by Gasteiger charge is 2.22. The average Bonchev–Trinajstić information content (AvgIpc) is 2.78. The maximum absolute atomic E-state index is 12.6. The molecule has 2 atom stereocenters. The van der Waals surface area contributed by atoms with Gasteiger partial charge >= 0.3 is 5.97 Å². The van der Waals surface area contributed by atoms with Crippen LogP contribution >= 0.6 is 0 Å². The highest BCUT2D eigenvalue weighted by atomic mass is 16.4. The number of carbonyl (C=O) groups is 4. The molecule has 0 saturated heterocycles. The third kappa shape index (κ3) is 14.7. The third-order valence-electron chi connectivity index (χ3n) is 5.03. The molecule has 0 aromatic carbocycles. The number of rotatable bonds is 16. The second kappa shape index (κ2) is 17.6. The average molecular weight is 464 g/mol. The van der Waals surface area contributed by atoms with Gasteiger partial charge in [0.1, 0.15) is 6.04 Å². The molecule has 0 heterocycles. The van der Waals surface area contributed by atoms with Crippen LogP contribution in [0.25, 0.3) is 0 Å². The standard InChI is InChI=1S/C25H41N3O5/c1-6-9-11-18(4)20(12-10-7-2)13-15-22(29)28-21(14-16-24(31)32)25(33)26-17-23(30)27-19(5)8-3/h9-12,19,21H,6-8,13-17H2,1-5H3,(H,26,33)(H,27,30)(H,28,29)(H,31,32)/b11-9+,12-10-,20-18+. The van der Waals surface area contributed by atoms with Crippen LogP contribution < -0.4 is 16.0 Å². The molecule has 4 N–H and O–H groups in total. The summed E-state index contributed by atoms with van der Waals surface area (Å²) in [5.41, 5.74) is 2.10. The van der Waals surface area contributed by atoms with Gasteiger partial charge in [0.25, 0.3) is 0 Å². The number of carboxylic acid groups (broad SMARTS) is 1. The molecule has 0 aliphatic rings. The van der Waals surface area contributed by atoms with Gasteiger partial charge in [0.05, 0.1) is 6.54 Å². The van der Waals surface area contributed by atoms with Crippen molar-refractivity contribution in [1.82, 2.24) is 16.0 Å². The van der Waals surface area contributed by atoms with E-state index in [1.54, 1.807) is 0 Å². The van der Waals surface area contributed by atoms with E-state index in [0.29, 0.717) is 6.42 Å². The molecule has 0 aromatic rings. The van der Waals surface area contributed by atoms with Crippen LogP contribution in [0.2, 0.25) is 0 Å². The lowest BCUT2D eigenvalue weighted by Gasteiger charge is -2.18. The predicted octanol–water partition coefficient (Wildman–Crippen LogP) is 3.40. The summed E-state index contributed by atoms with van der Waals surface area (Å²) in [7, 11) is 0. The molecule has 33 heavy (non-hydrogen) atoms. The lowest BCUT2D eigenvalue weighted by Crippen LogP contribution is -2.49. The molecule has 8 nitrogen and oxygen atoms in total. The predicted molar refractivity (Wildman–Crippen MR) is 131 cm³/mol. The topological polar surface area (TPSA) is 125 Å². The summed E-state index contributed by atoms with van der Waals surface area (Å²) in [4.78, 5) is 48.0.